The molecule has 0 bridgehead atoms. The molecule has 0 radical (unpaired) electrons. The van der Waals surface area contributed by atoms with Gasteiger partial charge >= 0.3 is 0 Å². The van der Waals surface area contributed by atoms with Crippen LogP contribution in [0.25, 0.3) is 0 Å². The van der Waals surface area contributed by atoms with E-state index in [9.17, 15) is 4.79 Å². The third-order valence-corrected chi connectivity index (χ3v) is 4.75. The molecule has 2 fully saturated rings. The van der Waals surface area contributed by atoms with Crippen molar-refractivity contribution in [3.05, 3.63) is 0 Å². The second kappa shape index (κ2) is 7.99. The van der Waals surface area contributed by atoms with E-state index >= 15 is 0 Å². The van der Waals surface area contributed by atoms with Gasteiger partial charge in [0.15, 0.2) is 0 Å². The molecule has 2 rings (SSSR count). The smallest absolute Gasteiger partial charge is 0.239 e. The Morgan fingerprint density at radius 1 is 1.20 bits per heavy atom. The maximum absolute atomic E-state index is 12.2. The van der Waals surface area contributed by atoms with Crippen LogP contribution >= 0.6 is 0 Å². The first-order valence-electron chi connectivity index (χ1n) is 8.48. The van der Waals surface area contributed by atoms with Gasteiger partial charge in [-0.3, -0.25) is 4.79 Å². The predicted octanol–water partition coefficient (Wildman–Crippen LogP) is 1.85. The zero-order valence-corrected chi connectivity index (χ0v) is 13.2. The number of carbonyl (C=O) groups excluding carboxylic acids is 1. The van der Waals surface area contributed by atoms with E-state index in [-0.39, 0.29) is 6.04 Å². The van der Waals surface area contributed by atoms with Gasteiger partial charge < -0.3 is 15.1 Å². The van der Waals surface area contributed by atoms with Crippen LogP contribution in [0.5, 0.6) is 0 Å². The van der Waals surface area contributed by atoms with E-state index in [1.807, 2.05) is 0 Å². The molecule has 2 aliphatic heterocycles. The highest BCUT2D eigenvalue weighted by molar-refractivity contribution is 5.83. The lowest BCUT2D eigenvalue weighted by Gasteiger charge is -2.33. The van der Waals surface area contributed by atoms with Crippen LogP contribution in [0.4, 0.5) is 0 Å². The number of piperidine rings is 1. The van der Waals surface area contributed by atoms with E-state index in [4.69, 9.17) is 0 Å². The van der Waals surface area contributed by atoms with Gasteiger partial charge in [0.1, 0.15) is 0 Å². The zero-order chi connectivity index (χ0) is 14.4. The number of nitrogens with one attached hydrogen (secondary N) is 1. The molecule has 20 heavy (non-hydrogen) atoms. The molecule has 2 atom stereocenters. The zero-order valence-electron chi connectivity index (χ0n) is 13.2. The topological polar surface area (TPSA) is 35.6 Å². The molecule has 0 aromatic heterocycles. The van der Waals surface area contributed by atoms with Crippen LogP contribution in [0, 0.1) is 0 Å². The van der Waals surface area contributed by atoms with Gasteiger partial charge in [-0.05, 0) is 52.1 Å². The minimum absolute atomic E-state index is 0.0869. The maximum Gasteiger partial charge on any atom is 0.239 e. The molecule has 1 N–H and O–H groups in total. The minimum atomic E-state index is 0.0869. The van der Waals surface area contributed by atoms with Gasteiger partial charge in [0.05, 0.1) is 6.04 Å². The van der Waals surface area contributed by atoms with E-state index in [0.29, 0.717) is 5.91 Å². The fraction of sp³-hybridized carbons (Fsp3) is 0.938. The highest BCUT2D eigenvalue weighted by Crippen LogP contribution is 2.17. The molecule has 4 heteroatoms. The Bertz CT molecular complexity index is 308. The number of amides is 1. The summed E-state index contributed by atoms with van der Waals surface area (Å²) in [5.74, 6) is 0.324. The van der Waals surface area contributed by atoms with Crippen molar-refractivity contribution in [3.8, 4) is 0 Å². The Hall–Kier alpha value is -0.610. The average Bonchev–Trinajstić information content (AvgIpc) is 2.80. The molecule has 2 saturated heterocycles. The number of likely N-dealkylation sites (tertiary alicyclic amines) is 2. The molecule has 0 aromatic carbocycles. The molecule has 1 amide bonds. The van der Waals surface area contributed by atoms with Gasteiger partial charge in [-0.25, -0.2) is 0 Å². The number of rotatable bonds is 7. The van der Waals surface area contributed by atoms with Gasteiger partial charge in [-0.1, -0.05) is 13.3 Å². The summed E-state index contributed by atoms with van der Waals surface area (Å²) in [6.45, 7) is 9.71. The second-order valence-corrected chi connectivity index (χ2v) is 6.35. The lowest BCUT2D eigenvalue weighted by atomic mass is 10.0. The van der Waals surface area contributed by atoms with Crippen molar-refractivity contribution in [1.82, 2.24) is 15.1 Å². The van der Waals surface area contributed by atoms with Crippen molar-refractivity contribution in [3.63, 3.8) is 0 Å². The first-order valence-corrected chi connectivity index (χ1v) is 8.48. The quantitative estimate of drug-likeness (QED) is 0.773. The third kappa shape index (κ3) is 4.19. The standard InChI is InChI=1S/C16H31N3O/c1-3-9-17-15-8-13-19(16(15)20)12-6-11-18-10-5-4-7-14(18)2/h14-15,17H,3-13H2,1-2H3. The third-order valence-electron chi connectivity index (χ3n) is 4.75. The molecule has 116 valence electrons. The number of nitrogens with zero attached hydrogens (tertiary/aromatic N) is 2. The number of hydrogen-bond acceptors (Lipinski definition) is 3. The number of carbonyl (C=O) groups is 1. The van der Waals surface area contributed by atoms with Crippen molar-refractivity contribution < 1.29 is 4.79 Å². The van der Waals surface area contributed by atoms with Gasteiger partial charge in [0.2, 0.25) is 5.91 Å². The van der Waals surface area contributed by atoms with Crippen LogP contribution in [0.1, 0.15) is 52.4 Å². The van der Waals surface area contributed by atoms with Gasteiger partial charge in [-0.15, -0.1) is 0 Å². The van der Waals surface area contributed by atoms with Gasteiger partial charge in [0, 0.05) is 25.7 Å². The van der Waals surface area contributed by atoms with E-state index in [2.05, 4.69) is 29.0 Å². The normalized spacial score (nSPS) is 28.3. The van der Waals surface area contributed by atoms with Crippen LogP contribution < -0.4 is 5.32 Å². The van der Waals surface area contributed by atoms with E-state index in [0.717, 1.165) is 51.5 Å². The van der Waals surface area contributed by atoms with Crippen molar-refractivity contribution in [2.24, 2.45) is 0 Å². The molecule has 0 aliphatic carbocycles. The molecule has 4 nitrogen and oxygen atoms in total. The van der Waals surface area contributed by atoms with E-state index < -0.39 is 0 Å². The largest absolute Gasteiger partial charge is 0.341 e. The molecule has 2 heterocycles. The van der Waals surface area contributed by atoms with Crippen molar-refractivity contribution in [2.75, 3.05) is 32.7 Å². The molecular weight excluding hydrogens is 250 g/mol. The Kier molecular flexibility index (Phi) is 6.30. The van der Waals surface area contributed by atoms with Crippen LogP contribution in [0.2, 0.25) is 0 Å². The summed E-state index contributed by atoms with van der Waals surface area (Å²) < 4.78 is 0. The van der Waals surface area contributed by atoms with Crippen molar-refractivity contribution in [1.29, 1.82) is 0 Å². The first kappa shape index (κ1) is 15.8. The summed E-state index contributed by atoms with van der Waals surface area (Å²) in [4.78, 5) is 16.9. The highest BCUT2D eigenvalue weighted by atomic mass is 16.2. The summed E-state index contributed by atoms with van der Waals surface area (Å²) in [5.41, 5.74) is 0. The van der Waals surface area contributed by atoms with E-state index in [1.165, 1.54) is 25.8 Å². The van der Waals surface area contributed by atoms with Crippen molar-refractivity contribution >= 4 is 5.91 Å². The summed E-state index contributed by atoms with van der Waals surface area (Å²) in [7, 11) is 0. The Balaban J connectivity index is 1.65. The summed E-state index contributed by atoms with van der Waals surface area (Å²) >= 11 is 0. The van der Waals surface area contributed by atoms with Gasteiger partial charge in [-0.2, -0.15) is 0 Å². The Morgan fingerprint density at radius 2 is 2.05 bits per heavy atom. The Labute approximate surface area is 123 Å². The van der Waals surface area contributed by atoms with Crippen LogP contribution in [0.15, 0.2) is 0 Å². The monoisotopic (exact) mass is 281 g/mol. The molecular formula is C16H31N3O. The fourth-order valence-corrected chi connectivity index (χ4v) is 3.42. The lowest BCUT2D eigenvalue weighted by molar-refractivity contribution is -0.129. The average molecular weight is 281 g/mol. The van der Waals surface area contributed by atoms with Gasteiger partial charge in [0.25, 0.3) is 0 Å². The highest BCUT2D eigenvalue weighted by Gasteiger charge is 2.30. The molecule has 2 unspecified atom stereocenters. The molecule has 0 spiro atoms. The lowest BCUT2D eigenvalue weighted by Crippen LogP contribution is -2.41. The second-order valence-electron chi connectivity index (χ2n) is 6.35. The van der Waals surface area contributed by atoms with Crippen LogP contribution in [-0.2, 0) is 4.79 Å². The molecule has 2 aliphatic rings. The predicted molar refractivity (Wildman–Crippen MR) is 82.8 cm³/mol. The summed E-state index contributed by atoms with van der Waals surface area (Å²) in [5, 5.41) is 3.36. The van der Waals surface area contributed by atoms with Crippen molar-refractivity contribution in [2.45, 2.75) is 64.5 Å². The molecule has 0 aromatic rings. The minimum Gasteiger partial charge on any atom is -0.341 e. The first-order chi connectivity index (χ1) is 9.72. The number of hydrogen-bond donors (Lipinski definition) is 1. The fourth-order valence-electron chi connectivity index (χ4n) is 3.42. The summed E-state index contributed by atoms with van der Waals surface area (Å²) in [6.07, 6.45) is 7.26. The van der Waals surface area contributed by atoms with E-state index in [1.54, 1.807) is 0 Å². The molecule has 0 saturated carbocycles. The van der Waals surface area contributed by atoms with Crippen LogP contribution in [-0.4, -0.2) is 60.5 Å². The SMILES string of the molecule is CCCNC1CCN(CCCN2CCCCC2C)C1=O. The maximum atomic E-state index is 12.2. The Morgan fingerprint density at radius 3 is 2.80 bits per heavy atom. The summed E-state index contributed by atoms with van der Waals surface area (Å²) in [6, 6.07) is 0.820. The van der Waals surface area contributed by atoms with Crippen LogP contribution in [0.3, 0.4) is 0 Å².